The second-order valence-electron chi connectivity index (χ2n) is 4.52. The molecular formula is C15H15IN2O2. The van der Waals surface area contributed by atoms with E-state index >= 15 is 0 Å². The maximum Gasteiger partial charge on any atom is 0.267 e. The van der Waals surface area contributed by atoms with Gasteiger partial charge in [-0.25, -0.2) is 4.98 Å². The van der Waals surface area contributed by atoms with E-state index in [4.69, 9.17) is 0 Å². The van der Waals surface area contributed by atoms with E-state index in [9.17, 15) is 9.59 Å². The first-order valence-electron chi connectivity index (χ1n) is 6.37. The van der Waals surface area contributed by atoms with Gasteiger partial charge in [-0.15, -0.1) is 0 Å². The number of hydrogen-bond donors (Lipinski definition) is 0. The first-order valence-corrected chi connectivity index (χ1v) is 7.45. The monoisotopic (exact) mass is 382 g/mol. The van der Waals surface area contributed by atoms with Crippen LogP contribution in [0, 0.1) is 10.5 Å². The topological polar surface area (TPSA) is 52.0 Å². The number of benzene rings is 1. The molecule has 0 N–H and O–H groups in total. The van der Waals surface area contributed by atoms with Crippen LogP contribution in [0.15, 0.2) is 35.3 Å². The summed E-state index contributed by atoms with van der Waals surface area (Å²) in [6.45, 7) is 3.82. The molecule has 2 aromatic rings. The minimum Gasteiger partial charge on any atom is -0.292 e. The fourth-order valence-corrected chi connectivity index (χ4v) is 2.33. The molecular weight excluding hydrogens is 367 g/mol. The van der Waals surface area contributed by atoms with E-state index in [2.05, 4.69) is 11.9 Å². The number of hydrogen-bond acceptors (Lipinski definition) is 3. The number of Topliss-reactive ketones (excluding diaryl/α,β-unsaturated/α-hetero) is 1. The van der Waals surface area contributed by atoms with Crippen LogP contribution in [0.3, 0.4) is 0 Å². The van der Waals surface area contributed by atoms with Crippen LogP contribution in [0.1, 0.15) is 28.7 Å². The van der Waals surface area contributed by atoms with Gasteiger partial charge < -0.3 is 0 Å². The highest BCUT2D eigenvalue weighted by atomic mass is 127. The van der Waals surface area contributed by atoms with Gasteiger partial charge in [0.1, 0.15) is 5.82 Å². The Labute approximate surface area is 131 Å². The van der Waals surface area contributed by atoms with Crippen molar-refractivity contribution in [3.8, 4) is 0 Å². The standard InChI is InChI=1S/C15H15IN2O2/c1-3-11-4-6-12(7-5-11)14(19)9-18-10(2)17-8-13(16)15(18)20/h4-8H,3,9H2,1-2H3. The van der Waals surface area contributed by atoms with Gasteiger partial charge in [0.25, 0.3) is 5.56 Å². The van der Waals surface area contributed by atoms with Crippen molar-refractivity contribution in [2.45, 2.75) is 26.8 Å². The molecule has 0 saturated carbocycles. The number of halogens is 1. The number of carbonyl (C=O) groups is 1. The lowest BCUT2D eigenvalue weighted by atomic mass is 10.1. The third kappa shape index (κ3) is 3.15. The summed E-state index contributed by atoms with van der Waals surface area (Å²) in [5.74, 6) is 0.468. The lowest BCUT2D eigenvalue weighted by Crippen LogP contribution is -2.28. The smallest absolute Gasteiger partial charge is 0.267 e. The number of aromatic nitrogens is 2. The molecule has 0 amide bonds. The van der Waals surface area contributed by atoms with Crippen LogP contribution in [-0.2, 0) is 13.0 Å². The van der Waals surface area contributed by atoms with Crippen molar-refractivity contribution in [3.05, 3.63) is 61.3 Å². The van der Waals surface area contributed by atoms with Crippen molar-refractivity contribution in [3.63, 3.8) is 0 Å². The van der Waals surface area contributed by atoms with Gasteiger partial charge in [-0.3, -0.25) is 14.2 Å². The van der Waals surface area contributed by atoms with E-state index in [1.807, 2.05) is 46.9 Å². The number of nitrogens with zero attached hydrogens (tertiary/aromatic N) is 2. The van der Waals surface area contributed by atoms with Gasteiger partial charge >= 0.3 is 0 Å². The van der Waals surface area contributed by atoms with Crippen molar-refractivity contribution >= 4 is 28.4 Å². The van der Waals surface area contributed by atoms with E-state index in [-0.39, 0.29) is 17.9 Å². The Morgan fingerprint density at radius 1 is 1.30 bits per heavy atom. The molecule has 0 bridgehead atoms. The Hall–Kier alpha value is -1.50. The molecule has 0 aliphatic rings. The van der Waals surface area contributed by atoms with Crippen LogP contribution in [0.4, 0.5) is 0 Å². The highest BCUT2D eigenvalue weighted by Gasteiger charge is 2.11. The molecule has 1 heterocycles. The third-order valence-electron chi connectivity index (χ3n) is 3.19. The molecule has 0 aliphatic carbocycles. The Morgan fingerprint density at radius 2 is 1.95 bits per heavy atom. The zero-order valence-electron chi connectivity index (χ0n) is 11.4. The minimum atomic E-state index is -0.170. The van der Waals surface area contributed by atoms with E-state index < -0.39 is 0 Å². The van der Waals surface area contributed by atoms with Crippen LogP contribution in [0.5, 0.6) is 0 Å². The Balaban J connectivity index is 2.28. The van der Waals surface area contributed by atoms with Crippen molar-refractivity contribution < 1.29 is 4.79 Å². The second-order valence-corrected chi connectivity index (χ2v) is 5.68. The average Bonchev–Trinajstić information content (AvgIpc) is 2.47. The van der Waals surface area contributed by atoms with Crippen LogP contribution < -0.4 is 5.56 Å². The molecule has 0 spiro atoms. The largest absolute Gasteiger partial charge is 0.292 e. The fourth-order valence-electron chi connectivity index (χ4n) is 1.90. The Bertz CT molecular complexity index is 690. The van der Waals surface area contributed by atoms with Gasteiger partial charge in [-0.05, 0) is 41.5 Å². The Morgan fingerprint density at radius 3 is 2.55 bits per heavy atom. The first-order chi connectivity index (χ1) is 9.52. The SMILES string of the molecule is CCc1ccc(C(=O)Cn2c(C)ncc(I)c2=O)cc1. The van der Waals surface area contributed by atoms with E-state index in [0.29, 0.717) is 15.0 Å². The molecule has 0 atom stereocenters. The van der Waals surface area contributed by atoms with Crippen molar-refractivity contribution in [1.29, 1.82) is 0 Å². The molecule has 1 aromatic carbocycles. The molecule has 0 radical (unpaired) electrons. The number of carbonyl (C=O) groups excluding carboxylic acids is 1. The van der Waals surface area contributed by atoms with Crippen LogP contribution in [0.2, 0.25) is 0 Å². The van der Waals surface area contributed by atoms with Crippen molar-refractivity contribution in [2.24, 2.45) is 0 Å². The number of ketones is 1. The van der Waals surface area contributed by atoms with Crippen LogP contribution in [0.25, 0.3) is 0 Å². The molecule has 5 heteroatoms. The van der Waals surface area contributed by atoms with Gasteiger partial charge in [0.15, 0.2) is 5.78 Å². The van der Waals surface area contributed by atoms with Gasteiger partial charge in [-0.2, -0.15) is 0 Å². The quantitative estimate of drug-likeness (QED) is 0.604. The number of rotatable bonds is 4. The van der Waals surface area contributed by atoms with Crippen LogP contribution in [-0.4, -0.2) is 15.3 Å². The van der Waals surface area contributed by atoms with E-state index in [0.717, 1.165) is 6.42 Å². The van der Waals surface area contributed by atoms with Crippen LogP contribution >= 0.6 is 22.6 Å². The summed E-state index contributed by atoms with van der Waals surface area (Å²) >= 11 is 1.93. The lowest BCUT2D eigenvalue weighted by Gasteiger charge is -2.09. The summed E-state index contributed by atoms with van der Waals surface area (Å²) < 4.78 is 1.93. The lowest BCUT2D eigenvalue weighted by molar-refractivity contribution is 0.0969. The number of aryl methyl sites for hydroxylation is 2. The molecule has 0 aliphatic heterocycles. The summed E-state index contributed by atoms with van der Waals surface area (Å²) in [6, 6.07) is 7.50. The summed E-state index contributed by atoms with van der Waals surface area (Å²) in [7, 11) is 0. The molecule has 2 rings (SSSR count). The van der Waals surface area contributed by atoms with Crippen molar-refractivity contribution in [2.75, 3.05) is 0 Å². The van der Waals surface area contributed by atoms with E-state index in [1.54, 1.807) is 6.92 Å². The average molecular weight is 382 g/mol. The highest BCUT2D eigenvalue weighted by molar-refractivity contribution is 14.1. The molecule has 0 fully saturated rings. The summed E-state index contributed by atoms with van der Waals surface area (Å²) in [5.41, 5.74) is 1.63. The maximum atomic E-state index is 12.2. The molecule has 0 saturated heterocycles. The summed E-state index contributed by atoms with van der Waals surface area (Å²) in [5, 5.41) is 0. The normalized spacial score (nSPS) is 10.6. The van der Waals surface area contributed by atoms with Crippen molar-refractivity contribution in [1.82, 2.24) is 9.55 Å². The summed E-state index contributed by atoms with van der Waals surface area (Å²) in [6.07, 6.45) is 2.46. The maximum absolute atomic E-state index is 12.2. The molecule has 0 unspecified atom stereocenters. The first kappa shape index (κ1) is 14.9. The van der Waals surface area contributed by atoms with E-state index in [1.165, 1.54) is 16.3 Å². The van der Waals surface area contributed by atoms with Gasteiger partial charge in [0.05, 0.1) is 10.1 Å². The Kier molecular flexibility index (Phi) is 4.69. The molecule has 1 aromatic heterocycles. The molecule has 104 valence electrons. The van der Waals surface area contributed by atoms with Gasteiger partial charge in [-0.1, -0.05) is 31.2 Å². The molecule has 20 heavy (non-hydrogen) atoms. The fraction of sp³-hybridized carbons (Fsp3) is 0.267. The highest BCUT2D eigenvalue weighted by Crippen LogP contribution is 2.07. The molecule has 4 nitrogen and oxygen atoms in total. The zero-order valence-corrected chi connectivity index (χ0v) is 13.5. The predicted molar refractivity (Wildman–Crippen MR) is 86.1 cm³/mol. The zero-order chi connectivity index (χ0) is 14.7. The van der Waals surface area contributed by atoms with Gasteiger partial charge in [0.2, 0.25) is 0 Å². The third-order valence-corrected chi connectivity index (χ3v) is 3.93. The summed E-state index contributed by atoms with van der Waals surface area (Å²) in [4.78, 5) is 28.4. The second kappa shape index (κ2) is 6.30. The minimum absolute atomic E-state index is 0.0278. The van der Waals surface area contributed by atoms with Gasteiger partial charge in [0, 0.05) is 11.8 Å². The predicted octanol–water partition coefficient (Wildman–Crippen LogP) is 2.60.